The highest BCUT2D eigenvalue weighted by Gasteiger charge is 2.16. The van der Waals surface area contributed by atoms with Crippen LogP contribution in [0.3, 0.4) is 0 Å². The van der Waals surface area contributed by atoms with Gasteiger partial charge in [0.05, 0.1) is 0 Å². The number of nitrogens with zero attached hydrogens (tertiary/aromatic N) is 1. The van der Waals surface area contributed by atoms with Crippen molar-refractivity contribution in [2.24, 2.45) is 5.92 Å². The van der Waals surface area contributed by atoms with Gasteiger partial charge in [0, 0.05) is 6.54 Å². The summed E-state index contributed by atoms with van der Waals surface area (Å²) in [5.74, 6) is 1.43. The molecule has 2 aromatic rings. The number of hydrogen-bond acceptors (Lipinski definition) is 1. The van der Waals surface area contributed by atoms with E-state index in [4.69, 9.17) is 0 Å². The number of hydrogen-bond donors (Lipinski definition) is 0. The van der Waals surface area contributed by atoms with Crippen molar-refractivity contribution in [1.29, 1.82) is 0 Å². The van der Waals surface area contributed by atoms with E-state index in [9.17, 15) is 0 Å². The molecule has 1 aliphatic heterocycles. The molecular weight excluding hydrogens is 338 g/mol. The maximum atomic E-state index is 2.65. The highest BCUT2D eigenvalue weighted by Crippen LogP contribution is 2.29. The summed E-state index contributed by atoms with van der Waals surface area (Å²) in [5.41, 5.74) is 7.12. The Bertz CT molecular complexity index is 742. The molecule has 0 aliphatic carbocycles. The first-order valence-electron chi connectivity index (χ1n) is 11.5. The van der Waals surface area contributed by atoms with E-state index in [1.807, 2.05) is 0 Å². The number of benzene rings is 2. The van der Waals surface area contributed by atoms with E-state index >= 15 is 0 Å². The second-order valence-corrected chi connectivity index (χ2v) is 9.11. The predicted octanol–water partition coefficient (Wildman–Crippen LogP) is 7.23. The normalized spacial score (nSPS) is 17.0. The van der Waals surface area contributed by atoms with Crippen molar-refractivity contribution >= 4 is 0 Å². The van der Waals surface area contributed by atoms with Crippen molar-refractivity contribution in [3.05, 3.63) is 59.2 Å². The molecule has 0 bridgehead atoms. The summed E-state index contributed by atoms with van der Waals surface area (Å²) in [6.45, 7) is 13.3. The van der Waals surface area contributed by atoms with Crippen LogP contribution in [0.2, 0.25) is 0 Å². The molecule has 1 nitrogen and oxygen atoms in total. The molecule has 2 unspecified atom stereocenters. The molecule has 0 spiro atoms. The molecule has 1 heterocycles. The smallest absolute Gasteiger partial charge is 0.000702 e. The lowest BCUT2D eigenvalue weighted by atomic mass is 9.90. The van der Waals surface area contributed by atoms with Crippen molar-refractivity contribution in [2.75, 3.05) is 19.6 Å². The van der Waals surface area contributed by atoms with E-state index in [0.717, 1.165) is 5.92 Å². The van der Waals surface area contributed by atoms with Crippen LogP contribution in [0, 0.1) is 12.8 Å². The summed E-state index contributed by atoms with van der Waals surface area (Å²) in [5, 5.41) is 0. The summed E-state index contributed by atoms with van der Waals surface area (Å²) < 4.78 is 0. The van der Waals surface area contributed by atoms with Gasteiger partial charge in [-0.15, -0.1) is 0 Å². The van der Waals surface area contributed by atoms with Gasteiger partial charge in [0.1, 0.15) is 0 Å². The largest absolute Gasteiger partial charge is 0.303 e. The quantitative estimate of drug-likeness (QED) is 0.445. The lowest BCUT2D eigenvalue weighted by molar-refractivity contribution is 0.275. The molecule has 1 fully saturated rings. The zero-order valence-corrected chi connectivity index (χ0v) is 18.5. The third kappa shape index (κ3) is 5.70. The van der Waals surface area contributed by atoms with Crippen LogP contribution in [0.4, 0.5) is 0 Å². The average Bonchev–Trinajstić information content (AvgIpc) is 3.21. The van der Waals surface area contributed by atoms with Gasteiger partial charge in [-0.05, 0) is 91.8 Å². The van der Waals surface area contributed by atoms with Crippen molar-refractivity contribution in [1.82, 2.24) is 4.90 Å². The van der Waals surface area contributed by atoms with Crippen molar-refractivity contribution in [3.8, 4) is 11.1 Å². The van der Waals surface area contributed by atoms with Crippen LogP contribution in [-0.4, -0.2) is 24.5 Å². The lowest BCUT2D eigenvalue weighted by Crippen LogP contribution is -2.25. The predicted molar refractivity (Wildman–Crippen MR) is 123 cm³/mol. The SMILES string of the molecule is CCCc1ccc(-c2cccc(C(C)CCC(C)CN3CCCC3)c2)cc1C. The Kier molecular flexibility index (Phi) is 7.73. The molecule has 0 amide bonds. The summed E-state index contributed by atoms with van der Waals surface area (Å²) in [6, 6.07) is 16.2. The van der Waals surface area contributed by atoms with Crippen LogP contribution in [-0.2, 0) is 6.42 Å². The minimum Gasteiger partial charge on any atom is -0.303 e. The highest BCUT2D eigenvalue weighted by molar-refractivity contribution is 5.65. The molecular formula is C27H39N. The van der Waals surface area contributed by atoms with Gasteiger partial charge in [0.2, 0.25) is 0 Å². The molecule has 0 N–H and O–H groups in total. The van der Waals surface area contributed by atoms with Gasteiger partial charge in [-0.2, -0.15) is 0 Å². The Balaban J connectivity index is 1.61. The Labute approximate surface area is 173 Å². The average molecular weight is 378 g/mol. The zero-order valence-electron chi connectivity index (χ0n) is 18.5. The van der Waals surface area contributed by atoms with E-state index in [-0.39, 0.29) is 0 Å². The summed E-state index contributed by atoms with van der Waals surface area (Å²) >= 11 is 0. The first-order valence-corrected chi connectivity index (χ1v) is 11.5. The summed E-state index contributed by atoms with van der Waals surface area (Å²) in [4.78, 5) is 2.65. The number of aryl methyl sites for hydroxylation is 2. The monoisotopic (exact) mass is 377 g/mol. The molecule has 0 radical (unpaired) electrons. The summed E-state index contributed by atoms with van der Waals surface area (Å²) in [6.07, 6.45) is 7.80. The first kappa shape index (κ1) is 21.1. The lowest BCUT2D eigenvalue weighted by Gasteiger charge is -2.22. The second-order valence-electron chi connectivity index (χ2n) is 9.11. The van der Waals surface area contributed by atoms with E-state index in [1.165, 1.54) is 86.0 Å². The maximum absolute atomic E-state index is 2.65. The fourth-order valence-electron chi connectivity index (χ4n) is 4.65. The van der Waals surface area contributed by atoms with Crippen molar-refractivity contribution in [3.63, 3.8) is 0 Å². The first-order chi connectivity index (χ1) is 13.6. The van der Waals surface area contributed by atoms with E-state index in [2.05, 4.69) is 75.1 Å². The van der Waals surface area contributed by atoms with Crippen LogP contribution in [0.25, 0.3) is 11.1 Å². The fourth-order valence-corrected chi connectivity index (χ4v) is 4.65. The van der Waals surface area contributed by atoms with Crippen LogP contribution in [0.15, 0.2) is 42.5 Å². The molecule has 28 heavy (non-hydrogen) atoms. The van der Waals surface area contributed by atoms with Gasteiger partial charge < -0.3 is 4.90 Å². The third-order valence-electron chi connectivity index (χ3n) is 6.51. The molecule has 0 aromatic heterocycles. The maximum Gasteiger partial charge on any atom is 0.000702 e. The molecule has 1 heteroatoms. The Morgan fingerprint density at radius 3 is 2.39 bits per heavy atom. The zero-order chi connectivity index (χ0) is 19.9. The van der Waals surface area contributed by atoms with Crippen molar-refractivity contribution in [2.45, 2.75) is 72.1 Å². The Hall–Kier alpha value is -1.60. The number of rotatable bonds is 9. The van der Waals surface area contributed by atoms with Crippen molar-refractivity contribution < 1.29 is 0 Å². The van der Waals surface area contributed by atoms with E-state index < -0.39 is 0 Å². The summed E-state index contributed by atoms with van der Waals surface area (Å²) in [7, 11) is 0. The van der Waals surface area contributed by atoms with Gasteiger partial charge in [0.15, 0.2) is 0 Å². The van der Waals surface area contributed by atoms with Crippen LogP contribution in [0.5, 0.6) is 0 Å². The third-order valence-corrected chi connectivity index (χ3v) is 6.51. The van der Waals surface area contributed by atoms with Gasteiger partial charge in [-0.1, -0.05) is 69.7 Å². The molecule has 1 saturated heterocycles. The Morgan fingerprint density at radius 2 is 1.68 bits per heavy atom. The molecule has 3 rings (SSSR count). The fraction of sp³-hybridized carbons (Fsp3) is 0.556. The molecule has 2 aromatic carbocycles. The van der Waals surface area contributed by atoms with Gasteiger partial charge >= 0.3 is 0 Å². The van der Waals surface area contributed by atoms with Crippen LogP contribution >= 0.6 is 0 Å². The standard InChI is InChI=1S/C27H39N/c1-5-9-24-14-15-27(18-23(24)4)26-11-8-10-25(19-26)22(3)13-12-21(2)20-28-16-6-7-17-28/h8,10-11,14-15,18-19,21-22H,5-7,9,12-13,16-17,20H2,1-4H3. The minimum absolute atomic E-state index is 0.626. The van der Waals surface area contributed by atoms with Crippen LogP contribution in [0.1, 0.15) is 75.5 Å². The molecule has 152 valence electrons. The highest BCUT2D eigenvalue weighted by atomic mass is 15.1. The molecule has 1 aliphatic rings. The molecule has 0 saturated carbocycles. The van der Waals surface area contributed by atoms with Gasteiger partial charge in [0.25, 0.3) is 0 Å². The number of likely N-dealkylation sites (tertiary alicyclic amines) is 1. The topological polar surface area (TPSA) is 3.24 Å². The second kappa shape index (κ2) is 10.3. The van der Waals surface area contributed by atoms with Gasteiger partial charge in [-0.3, -0.25) is 0 Å². The van der Waals surface area contributed by atoms with E-state index in [0.29, 0.717) is 5.92 Å². The Morgan fingerprint density at radius 1 is 0.929 bits per heavy atom. The molecule has 2 atom stereocenters. The van der Waals surface area contributed by atoms with Crippen LogP contribution < -0.4 is 0 Å². The van der Waals surface area contributed by atoms with E-state index in [1.54, 1.807) is 0 Å². The van der Waals surface area contributed by atoms with Gasteiger partial charge in [-0.25, -0.2) is 0 Å². The minimum atomic E-state index is 0.626.